The number of ether oxygens (including phenoxy) is 3. The molecule has 1 fully saturated rings. The van der Waals surface area contributed by atoms with Crippen LogP contribution in [0.25, 0.3) is 0 Å². The summed E-state index contributed by atoms with van der Waals surface area (Å²) >= 11 is 0. The zero-order valence-corrected chi connectivity index (χ0v) is 23.3. The number of aryl methyl sites for hydroxylation is 1. The van der Waals surface area contributed by atoms with E-state index in [1.165, 1.54) is 12.5 Å². The average molecular weight is 541 g/mol. The lowest BCUT2D eigenvalue weighted by atomic mass is 10.00. The van der Waals surface area contributed by atoms with Crippen molar-refractivity contribution < 1.29 is 33.7 Å². The van der Waals surface area contributed by atoms with Crippen molar-refractivity contribution in [3.8, 4) is 11.5 Å². The van der Waals surface area contributed by atoms with Crippen molar-refractivity contribution >= 4 is 17.8 Å². The highest BCUT2D eigenvalue weighted by molar-refractivity contribution is 5.99. The Balaban J connectivity index is 1.87. The largest absolute Gasteiger partial charge is 0.493 e. The van der Waals surface area contributed by atoms with Crippen LogP contribution in [0.1, 0.15) is 68.1 Å². The van der Waals surface area contributed by atoms with Crippen LogP contribution in [0.2, 0.25) is 0 Å². The molecule has 3 rings (SSSR count). The predicted molar refractivity (Wildman–Crippen MR) is 148 cm³/mol. The van der Waals surface area contributed by atoms with E-state index >= 15 is 0 Å². The Kier molecular flexibility index (Phi) is 11.2. The Morgan fingerprint density at radius 2 is 1.69 bits per heavy atom. The highest BCUT2D eigenvalue weighted by Gasteiger charge is 2.36. The summed E-state index contributed by atoms with van der Waals surface area (Å²) in [6, 6.07) is 12.4. The minimum atomic E-state index is -0.997. The molecule has 1 aliphatic heterocycles. The van der Waals surface area contributed by atoms with E-state index in [2.05, 4.69) is 17.4 Å². The smallest absolute Gasteiger partial charge is 0.318 e. The zero-order chi connectivity index (χ0) is 28.4. The molecule has 1 heterocycles. The molecule has 9 nitrogen and oxygen atoms in total. The van der Waals surface area contributed by atoms with E-state index in [1.54, 1.807) is 17.0 Å². The van der Waals surface area contributed by atoms with Crippen LogP contribution in [0, 0.1) is 5.92 Å². The SMILES string of the molecule is CCOc1cc([C@@H](C)N(CCCCc2ccccc2)C(=O)N[C@H]2COC[C@H]2C(=O)O)cc(OCC)c1C(C)=O. The number of nitrogens with zero attached hydrogens (tertiary/aromatic N) is 1. The second-order valence-electron chi connectivity index (χ2n) is 9.66. The van der Waals surface area contributed by atoms with Gasteiger partial charge in [-0.05, 0) is 70.2 Å². The van der Waals surface area contributed by atoms with E-state index < -0.39 is 24.0 Å². The van der Waals surface area contributed by atoms with Gasteiger partial charge in [0.2, 0.25) is 0 Å². The number of hydrogen-bond donors (Lipinski definition) is 2. The van der Waals surface area contributed by atoms with Crippen LogP contribution in [0.3, 0.4) is 0 Å². The van der Waals surface area contributed by atoms with E-state index in [1.807, 2.05) is 39.0 Å². The molecule has 9 heteroatoms. The minimum Gasteiger partial charge on any atom is -0.493 e. The Morgan fingerprint density at radius 1 is 1.05 bits per heavy atom. The van der Waals surface area contributed by atoms with Gasteiger partial charge in [-0.1, -0.05) is 30.3 Å². The monoisotopic (exact) mass is 540 g/mol. The lowest BCUT2D eigenvalue weighted by Crippen LogP contribution is -2.49. The minimum absolute atomic E-state index is 0.0643. The van der Waals surface area contributed by atoms with Crippen LogP contribution in [-0.2, 0) is 16.0 Å². The van der Waals surface area contributed by atoms with Gasteiger partial charge < -0.3 is 29.5 Å². The molecule has 2 N–H and O–H groups in total. The summed E-state index contributed by atoms with van der Waals surface area (Å²) in [5.41, 5.74) is 2.36. The number of urea groups is 1. The van der Waals surface area contributed by atoms with Crippen molar-refractivity contribution in [3.05, 3.63) is 59.2 Å². The number of amides is 2. The number of carbonyl (C=O) groups is 3. The lowest BCUT2D eigenvalue weighted by Gasteiger charge is -2.32. The number of carboxylic acid groups (broad SMARTS) is 1. The Morgan fingerprint density at radius 3 is 2.26 bits per heavy atom. The standard InChI is InChI=1S/C30H40N2O7/c1-5-38-26-16-23(17-27(39-6-2)28(26)21(4)33)20(3)32(15-11-10-14-22-12-8-7-9-13-22)30(36)31-25-19-37-18-24(25)29(34)35/h7-9,12-13,16-17,20,24-25H,5-6,10-11,14-15,18-19H2,1-4H3,(H,31,36)(H,34,35)/t20-,24-,25+/m1/s1. The summed E-state index contributed by atoms with van der Waals surface area (Å²) < 4.78 is 17.0. The van der Waals surface area contributed by atoms with Crippen molar-refractivity contribution in [1.29, 1.82) is 0 Å². The van der Waals surface area contributed by atoms with E-state index in [9.17, 15) is 19.5 Å². The van der Waals surface area contributed by atoms with Gasteiger partial charge in [0.15, 0.2) is 5.78 Å². The van der Waals surface area contributed by atoms with Crippen molar-refractivity contribution in [2.45, 2.75) is 59.0 Å². The van der Waals surface area contributed by atoms with Gasteiger partial charge in [-0.25, -0.2) is 4.79 Å². The molecule has 0 radical (unpaired) electrons. The summed E-state index contributed by atoms with van der Waals surface area (Å²) in [4.78, 5) is 39.4. The van der Waals surface area contributed by atoms with Crippen LogP contribution in [0.15, 0.2) is 42.5 Å². The average Bonchev–Trinajstić information content (AvgIpc) is 3.37. The molecule has 0 aliphatic carbocycles. The van der Waals surface area contributed by atoms with Gasteiger partial charge >= 0.3 is 12.0 Å². The summed E-state index contributed by atoms with van der Waals surface area (Å²) in [5, 5.41) is 12.4. The van der Waals surface area contributed by atoms with Gasteiger partial charge in [0, 0.05) is 6.54 Å². The second-order valence-corrected chi connectivity index (χ2v) is 9.66. The molecule has 212 valence electrons. The Bertz CT molecular complexity index is 1090. The van der Waals surface area contributed by atoms with E-state index in [0.29, 0.717) is 36.8 Å². The molecule has 2 amide bonds. The highest BCUT2D eigenvalue weighted by atomic mass is 16.5. The molecule has 0 bridgehead atoms. The number of carboxylic acids is 1. The molecule has 0 spiro atoms. The molecule has 39 heavy (non-hydrogen) atoms. The maximum atomic E-state index is 13.6. The number of carbonyl (C=O) groups excluding carboxylic acids is 2. The summed E-state index contributed by atoms with van der Waals surface area (Å²) in [6.45, 7) is 8.46. The van der Waals surface area contributed by atoms with Gasteiger partial charge in [0.05, 0.1) is 38.5 Å². The van der Waals surface area contributed by atoms with Crippen LogP contribution < -0.4 is 14.8 Å². The Labute approximate surface area is 230 Å². The maximum absolute atomic E-state index is 13.6. The molecule has 0 unspecified atom stereocenters. The van der Waals surface area contributed by atoms with Crippen molar-refractivity contribution in [2.24, 2.45) is 5.92 Å². The number of ketones is 1. The van der Waals surface area contributed by atoms with Crippen LogP contribution in [0.4, 0.5) is 4.79 Å². The molecule has 2 aromatic carbocycles. The molecule has 0 saturated carbocycles. The number of rotatable bonds is 14. The molecule has 1 aliphatic rings. The van der Waals surface area contributed by atoms with E-state index in [-0.39, 0.29) is 25.0 Å². The Hall–Kier alpha value is -3.59. The number of benzene rings is 2. The highest BCUT2D eigenvalue weighted by Crippen LogP contribution is 2.35. The normalized spacial score (nSPS) is 17.3. The molecular formula is C30H40N2O7. The molecule has 1 saturated heterocycles. The first-order chi connectivity index (χ1) is 18.8. The molecular weight excluding hydrogens is 500 g/mol. The first-order valence-corrected chi connectivity index (χ1v) is 13.6. The van der Waals surface area contributed by atoms with E-state index in [4.69, 9.17) is 14.2 Å². The lowest BCUT2D eigenvalue weighted by molar-refractivity contribution is -0.142. The number of Topliss-reactive ketones (excluding diaryl/α,β-unsaturated/α-hetero) is 1. The third-order valence-electron chi connectivity index (χ3n) is 6.91. The topological polar surface area (TPSA) is 114 Å². The number of nitrogens with one attached hydrogen (secondary N) is 1. The first-order valence-electron chi connectivity index (χ1n) is 13.6. The van der Waals surface area contributed by atoms with Gasteiger partial charge in [0.1, 0.15) is 23.0 Å². The third-order valence-corrected chi connectivity index (χ3v) is 6.91. The zero-order valence-electron chi connectivity index (χ0n) is 23.3. The van der Waals surface area contributed by atoms with Crippen LogP contribution in [0.5, 0.6) is 11.5 Å². The van der Waals surface area contributed by atoms with Crippen LogP contribution >= 0.6 is 0 Å². The summed E-state index contributed by atoms with van der Waals surface area (Å²) in [5.74, 6) is -1.14. The van der Waals surface area contributed by atoms with Gasteiger partial charge in [-0.15, -0.1) is 0 Å². The maximum Gasteiger partial charge on any atom is 0.318 e. The van der Waals surface area contributed by atoms with Crippen molar-refractivity contribution in [3.63, 3.8) is 0 Å². The third kappa shape index (κ3) is 7.95. The number of unbranched alkanes of at least 4 members (excludes halogenated alkanes) is 1. The van der Waals surface area contributed by atoms with Crippen LogP contribution in [-0.4, -0.2) is 66.8 Å². The summed E-state index contributed by atoms with van der Waals surface area (Å²) in [6.07, 6.45) is 2.51. The molecule has 0 aromatic heterocycles. The first kappa shape index (κ1) is 30.0. The number of aliphatic carboxylic acids is 1. The van der Waals surface area contributed by atoms with Crippen molar-refractivity contribution in [1.82, 2.24) is 10.2 Å². The fraction of sp³-hybridized carbons (Fsp3) is 0.500. The van der Waals surface area contributed by atoms with Gasteiger partial charge in [-0.3, -0.25) is 9.59 Å². The second kappa shape index (κ2) is 14.5. The van der Waals surface area contributed by atoms with Gasteiger partial charge in [-0.2, -0.15) is 0 Å². The number of hydrogen-bond acceptors (Lipinski definition) is 6. The fourth-order valence-corrected chi connectivity index (χ4v) is 4.83. The van der Waals surface area contributed by atoms with Crippen molar-refractivity contribution in [2.75, 3.05) is 33.0 Å². The van der Waals surface area contributed by atoms with E-state index in [0.717, 1.165) is 24.8 Å². The predicted octanol–water partition coefficient (Wildman–Crippen LogP) is 4.88. The molecule has 2 aromatic rings. The summed E-state index contributed by atoms with van der Waals surface area (Å²) in [7, 11) is 0. The van der Waals surface area contributed by atoms with Gasteiger partial charge in [0.25, 0.3) is 0 Å². The molecule has 3 atom stereocenters. The fourth-order valence-electron chi connectivity index (χ4n) is 4.83. The quantitative estimate of drug-likeness (QED) is 0.259.